The first-order valence-electron chi connectivity index (χ1n) is 9.50. The summed E-state index contributed by atoms with van der Waals surface area (Å²) in [6.45, 7) is 8.76. The van der Waals surface area contributed by atoms with Crippen molar-refractivity contribution < 1.29 is 14.3 Å². The molecule has 0 saturated heterocycles. The number of ether oxygens (including phenoxy) is 2. The summed E-state index contributed by atoms with van der Waals surface area (Å²) in [5, 5.41) is 0.873. The Kier molecular flexibility index (Phi) is 6.20. The molecule has 1 aliphatic rings. The molecule has 0 aromatic heterocycles. The first kappa shape index (κ1) is 21.6. The van der Waals surface area contributed by atoms with E-state index in [-0.39, 0.29) is 12.1 Å². The molecule has 0 N–H and O–H groups in total. The molecule has 1 heterocycles. The number of benzene rings is 2. The highest BCUT2D eigenvalue weighted by molar-refractivity contribution is 6.42. The molecule has 0 saturated carbocycles. The van der Waals surface area contributed by atoms with Gasteiger partial charge in [-0.3, -0.25) is 4.90 Å². The number of carbonyl (C=O) groups is 1. The summed E-state index contributed by atoms with van der Waals surface area (Å²) in [5.41, 5.74) is 1.08. The molecule has 0 radical (unpaired) electrons. The van der Waals surface area contributed by atoms with Crippen LogP contribution in [-0.4, -0.2) is 36.2 Å². The third-order valence-electron chi connectivity index (χ3n) is 4.77. The van der Waals surface area contributed by atoms with Gasteiger partial charge in [0.15, 0.2) is 0 Å². The van der Waals surface area contributed by atoms with Gasteiger partial charge >= 0.3 is 6.03 Å². The Morgan fingerprint density at radius 1 is 1.17 bits per heavy atom. The quantitative estimate of drug-likeness (QED) is 0.591. The second-order valence-electron chi connectivity index (χ2n) is 8.04. The van der Waals surface area contributed by atoms with Gasteiger partial charge in [-0.1, -0.05) is 23.2 Å². The second-order valence-corrected chi connectivity index (χ2v) is 8.85. The first-order valence-corrected chi connectivity index (χ1v) is 10.3. The molecule has 5 nitrogen and oxygen atoms in total. The van der Waals surface area contributed by atoms with Gasteiger partial charge < -0.3 is 14.4 Å². The number of hydrogen-bond donors (Lipinski definition) is 0. The monoisotopic (exact) mass is 436 g/mol. The fourth-order valence-electron chi connectivity index (χ4n) is 3.49. The van der Waals surface area contributed by atoms with Crippen LogP contribution < -0.4 is 14.4 Å². The summed E-state index contributed by atoms with van der Waals surface area (Å²) in [4.78, 5) is 17.1. The number of rotatable bonds is 3. The van der Waals surface area contributed by atoms with Gasteiger partial charge in [0.05, 0.1) is 30.2 Å². The average molecular weight is 437 g/mol. The number of amides is 2. The largest absolute Gasteiger partial charge is 0.497 e. The number of halogens is 2. The molecule has 3 rings (SSSR count). The zero-order valence-corrected chi connectivity index (χ0v) is 18.8. The zero-order chi connectivity index (χ0) is 21.3. The molecule has 2 aromatic rings. The SMILES string of the molecule is COc1ccc2c(c1)OC(C)(C)CN(C(=O)N(c1ccc(Cl)c(Cl)c1)C(C)C)C2. The van der Waals surface area contributed by atoms with Crippen molar-refractivity contribution in [2.45, 2.75) is 45.9 Å². The number of urea groups is 1. The van der Waals surface area contributed by atoms with Gasteiger partial charge in [-0.2, -0.15) is 0 Å². The number of carbonyl (C=O) groups excluding carboxylic acids is 1. The van der Waals surface area contributed by atoms with Crippen LogP contribution in [0, 0.1) is 0 Å². The predicted octanol–water partition coefficient (Wildman–Crippen LogP) is 6.01. The van der Waals surface area contributed by atoms with Crippen molar-refractivity contribution in [3.63, 3.8) is 0 Å². The van der Waals surface area contributed by atoms with Gasteiger partial charge in [-0.15, -0.1) is 0 Å². The maximum Gasteiger partial charge on any atom is 0.325 e. The van der Waals surface area contributed by atoms with Gasteiger partial charge in [0.25, 0.3) is 0 Å². The van der Waals surface area contributed by atoms with E-state index in [1.165, 1.54) is 0 Å². The van der Waals surface area contributed by atoms with Gasteiger partial charge in [0.1, 0.15) is 17.1 Å². The molecule has 29 heavy (non-hydrogen) atoms. The van der Waals surface area contributed by atoms with Crippen molar-refractivity contribution >= 4 is 34.9 Å². The molecule has 2 aromatic carbocycles. The lowest BCUT2D eigenvalue weighted by atomic mass is 10.1. The van der Waals surface area contributed by atoms with Crippen LogP contribution in [0.3, 0.4) is 0 Å². The van der Waals surface area contributed by atoms with Crippen molar-refractivity contribution in [3.05, 3.63) is 52.0 Å². The van der Waals surface area contributed by atoms with E-state index in [1.807, 2.05) is 52.0 Å². The Hall–Kier alpha value is -2.11. The number of methoxy groups -OCH3 is 1. The minimum absolute atomic E-state index is 0.0673. The molecule has 0 fully saturated rings. The van der Waals surface area contributed by atoms with E-state index in [9.17, 15) is 4.79 Å². The molecule has 1 aliphatic heterocycles. The molecular formula is C22H26Cl2N2O3. The number of fused-ring (bicyclic) bond motifs is 1. The average Bonchev–Trinajstić information content (AvgIpc) is 2.78. The van der Waals surface area contributed by atoms with Gasteiger partial charge in [0, 0.05) is 23.4 Å². The lowest BCUT2D eigenvalue weighted by molar-refractivity contribution is 0.0817. The van der Waals surface area contributed by atoms with E-state index < -0.39 is 5.60 Å². The molecule has 0 bridgehead atoms. The minimum atomic E-state index is -0.562. The predicted molar refractivity (Wildman–Crippen MR) is 118 cm³/mol. The lowest BCUT2D eigenvalue weighted by Gasteiger charge is -2.35. The second kappa shape index (κ2) is 8.33. The fourth-order valence-corrected chi connectivity index (χ4v) is 3.78. The van der Waals surface area contributed by atoms with Crippen LogP contribution in [0.15, 0.2) is 36.4 Å². The van der Waals surface area contributed by atoms with Gasteiger partial charge in [-0.05, 0) is 58.0 Å². The van der Waals surface area contributed by atoms with E-state index in [1.54, 1.807) is 29.0 Å². The van der Waals surface area contributed by atoms with Crippen molar-refractivity contribution in [3.8, 4) is 11.5 Å². The molecule has 0 spiro atoms. The van der Waals surface area contributed by atoms with Crippen LogP contribution in [-0.2, 0) is 6.54 Å². The summed E-state index contributed by atoms with van der Waals surface area (Å²) in [5.74, 6) is 1.45. The highest BCUT2D eigenvalue weighted by Crippen LogP contribution is 2.34. The molecule has 156 valence electrons. The van der Waals surface area contributed by atoms with Crippen LogP contribution in [0.25, 0.3) is 0 Å². The van der Waals surface area contributed by atoms with Crippen LogP contribution in [0.1, 0.15) is 33.3 Å². The Morgan fingerprint density at radius 2 is 1.90 bits per heavy atom. The third kappa shape index (κ3) is 4.73. The maximum absolute atomic E-state index is 13.6. The van der Waals surface area contributed by atoms with Crippen molar-refractivity contribution in [1.82, 2.24) is 4.90 Å². The molecular weight excluding hydrogens is 411 g/mol. The highest BCUT2D eigenvalue weighted by Gasteiger charge is 2.34. The van der Waals surface area contributed by atoms with Crippen LogP contribution in [0.4, 0.5) is 10.5 Å². The summed E-state index contributed by atoms with van der Waals surface area (Å²) >= 11 is 12.3. The highest BCUT2D eigenvalue weighted by atomic mass is 35.5. The van der Waals surface area contributed by atoms with E-state index in [4.69, 9.17) is 32.7 Å². The normalized spacial score (nSPS) is 15.4. The van der Waals surface area contributed by atoms with Crippen molar-refractivity contribution in [2.75, 3.05) is 18.6 Å². The third-order valence-corrected chi connectivity index (χ3v) is 5.51. The maximum atomic E-state index is 13.6. The molecule has 0 unspecified atom stereocenters. The Labute approximate surface area is 182 Å². The number of hydrogen-bond acceptors (Lipinski definition) is 3. The summed E-state index contributed by atoms with van der Waals surface area (Å²) in [6, 6.07) is 10.7. The van der Waals surface area contributed by atoms with E-state index in [2.05, 4.69) is 0 Å². The zero-order valence-electron chi connectivity index (χ0n) is 17.3. The molecule has 2 amide bonds. The fraction of sp³-hybridized carbons (Fsp3) is 0.409. The van der Waals surface area contributed by atoms with Crippen LogP contribution in [0.2, 0.25) is 10.0 Å². The summed E-state index contributed by atoms with van der Waals surface area (Å²) in [7, 11) is 1.62. The van der Waals surface area contributed by atoms with Crippen molar-refractivity contribution in [1.29, 1.82) is 0 Å². The number of nitrogens with zero attached hydrogens (tertiary/aromatic N) is 2. The summed E-state index contributed by atoms with van der Waals surface area (Å²) < 4.78 is 11.5. The van der Waals surface area contributed by atoms with Gasteiger partial charge in [0.2, 0.25) is 0 Å². The number of anilines is 1. The topological polar surface area (TPSA) is 42.0 Å². The Bertz CT molecular complexity index is 915. The molecule has 0 aliphatic carbocycles. The minimum Gasteiger partial charge on any atom is -0.497 e. The Morgan fingerprint density at radius 3 is 2.52 bits per heavy atom. The van der Waals surface area contributed by atoms with E-state index in [0.29, 0.717) is 28.8 Å². The van der Waals surface area contributed by atoms with Gasteiger partial charge in [-0.25, -0.2) is 4.79 Å². The summed E-state index contributed by atoms with van der Waals surface area (Å²) in [6.07, 6.45) is 0. The van der Waals surface area contributed by atoms with E-state index >= 15 is 0 Å². The van der Waals surface area contributed by atoms with E-state index in [0.717, 1.165) is 17.1 Å². The Balaban J connectivity index is 1.97. The molecule has 7 heteroatoms. The standard InChI is InChI=1S/C22H26Cl2N2O3/c1-14(2)26(16-7-9-18(23)19(24)10-16)21(27)25-12-15-6-8-17(28-5)11-20(15)29-22(3,4)13-25/h6-11,14H,12-13H2,1-5H3. The lowest BCUT2D eigenvalue weighted by Crippen LogP contribution is -2.50. The van der Waals surface area contributed by atoms with Crippen molar-refractivity contribution in [2.24, 2.45) is 0 Å². The smallest absolute Gasteiger partial charge is 0.325 e. The first-order chi connectivity index (χ1) is 13.6. The van der Waals surface area contributed by atoms with Crippen LogP contribution >= 0.6 is 23.2 Å². The molecule has 0 atom stereocenters. The van der Waals surface area contributed by atoms with Crippen LogP contribution in [0.5, 0.6) is 11.5 Å².